The molecule has 2 amide bonds. The third-order valence-corrected chi connectivity index (χ3v) is 6.27. The van der Waals surface area contributed by atoms with E-state index in [2.05, 4.69) is 16.3 Å². The summed E-state index contributed by atoms with van der Waals surface area (Å²) in [4.78, 5) is 29.3. The van der Waals surface area contributed by atoms with E-state index in [4.69, 9.17) is 9.47 Å². The van der Waals surface area contributed by atoms with Crippen molar-refractivity contribution in [3.63, 3.8) is 0 Å². The summed E-state index contributed by atoms with van der Waals surface area (Å²) in [6.07, 6.45) is 1.99. The molecule has 4 rings (SSSR count). The highest BCUT2D eigenvalue weighted by atomic mass is 16.5. The van der Waals surface area contributed by atoms with Crippen LogP contribution in [0.5, 0.6) is 5.75 Å². The smallest absolute Gasteiger partial charge is 0.265 e. The number of amides is 2. The second kappa shape index (κ2) is 10.6. The van der Waals surface area contributed by atoms with Gasteiger partial charge in [-0.2, -0.15) is 0 Å². The van der Waals surface area contributed by atoms with E-state index in [1.807, 2.05) is 47.4 Å². The van der Waals surface area contributed by atoms with Crippen LogP contribution in [0, 0.1) is 0 Å². The molecule has 0 unspecified atom stereocenters. The van der Waals surface area contributed by atoms with E-state index in [0.29, 0.717) is 25.6 Å². The van der Waals surface area contributed by atoms with Crippen LogP contribution < -0.4 is 15.0 Å². The van der Waals surface area contributed by atoms with Crippen LogP contribution in [0.25, 0.3) is 0 Å². The lowest BCUT2D eigenvalue weighted by Gasteiger charge is -2.35. The minimum atomic E-state index is -0.0374. The van der Waals surface area contributed by atoms with Gasteiger partial charge in [-0.1, -0.05) is 30.3 Å². The monoisotopic (exact) mass is 437 g/mol. The first-order chi connectivity index (χ1) is 15.7. The van der Waals surface area contributed by atoms with E-state index >= 15 is 0 Å². The van der Waals surface area contributed by atoms with Gasteiger partial charge in [0.15, 0.2) is 6.61 Å². The predicted molar refractivity (Wildman–Crippen MR) is 123 cm³/mol. The Morgan fingerprint density at radius 3 is 2.66 bits per heavy atom. The van der Waals surface area contributed by atoms with Crippen LogP contribution in [-0.2, 0) is 9.53 Å². The van der Waals surface area contributed by atoms with Gasteiger partial charge in [-0.3, -0.25) is 9.59 Å². The average Bonchev–Trinajstić information content (AvgIpc) is 2.84. The molecule has 2 heterocycles. The SMILES string of the molecule is COCCNC(=O)c1ccccc1C1CCN(CCN2C(=O)COc3ccccc32)CC1. The fourth-order valence-electron chi connectivity index (χ4n) is 4.53. The topological polar surface area (TPSA) is 71.1 Å². The van der Waals surface area contributed by atoms with E-state index in [0.717, 1.165) is 55.0 Å². The van der Waals surface area contributed by atoms with Crippen molar-refractivity contribution in [3.05, 3.63) is 59.7 Å². The number of likely N-dealkylation sites (tertiary alicyclic amines) is 1. The Labute approximate surface area is 189 Å². The van der Waals surface area contributed by atoms with Crippen LogP contribution in [0.15, 0.2) is 48.5 Å². The number of hydrogen-bond donors (Lipinski definition) is 1. The van der Waals surface area contributed by atoms with Gasteiger partial charge >= 0.3 is 0 Å². The molecule has 1 fully saturated rings. The maximum absolute atomic E-state index is 12.6. The fourth-order valence-corrected chi connectivity index (χ4v) is 4.53. The standard InChI is InChI=1S/C25H31N3O4/c1-31-17-12-26-25(30)21-7-3-2-6-20(21)19-10-13-27(14-11-19)15-16-28-22-8-4-5-9-23(22)32-18-24(28)29/h2-9,19H,10-18H2,1H3,(H,26,30). The number of hydrogen-bond acceptors (Lipinski definition) is 5. The van der Waals surface area contributed by atoms with E-state index in [1.165, 1.54) is 0 Å². The van der Waals surface area contributed by atoms with E-state index in [1.54, 1.807) is 7.11 Å². The average molecular weight is 438 g/mol. The number of ether oxygens (including phenoxy) is 2. The van der Waals surface area contributed by atoms with Gasteiger partial charge in [0, 0.05) is 32.3 Å². The van der Waals surface area contributed by atoms with Crippen LogP contribution >= 0.6 is 0 Å². The number of nitrogens with zero attached hydrogens (tertiary/aromatic N) is 2. The molecule has 2 aromatic carbocycles. The zero-order valence-corrected chi connectivity index (χ0v) is 18.6. The molecule has 0 spiro atoms. The molecule has 2 aliphatic heterocycles. The minimum Gasteiger partial charge on any atom is -0.482 e. The summed E-state index contributed by atoms with van der Waals surface area (Å²) in [6.45, 7) is 4.49. The molecule has 170 valence electrons. The maximum Gasteiger partial charge on any atom is 0.265 e. The van der Waals surface area contributed by atoms with Crippen molar-refractivity contribution in [2.45, 2.75) is 18.8 Å². The van der Waals surface area contributed by atoms with E-state index < -0.39 is 0 Å². The Bertz CT molecular complexity index is 940. The first kappa shape index (κ1) is 22.3. The zero-order chi connectivity index (χ0) is 22.3. The number of carbonyl (C=O) groups is 2. The Hall–Kier alpha value is -2.90. The van der Waals surface area contributed by atoms with Crippen LogP contribution in [0.1, 0.15) is 34.7 Å². The third-order valence-electron chi connectivity index (χ3n) is 6.27. The molecule has 7 heteroatoms. The zero-order valence-electron chi connectivity index (χ0n) is 18.6. The number of anilines is 1. The van der Waals surface area contributed by atoms with E-state index in [-0.39, 0.29) is 18.4 Å². The van der Waals surface area contributed by atoms with Gasteiger partial charge in [-0.05, 0) is 55.6 Å². The van der Waals surface area contributed by atoms with E-state index in [9.17, 15) is 9.59 Å². The van der Waals surface area contributed by atoms with Gasteiger partial charge in [0.2, 0.25) is 0 Å². The molecular weight excluding hydrogens is 406 g/mol. The van der Waals surface area contributed by atoms with Crippen molar-refractivity contribution in [1.82, 2.24) is 10.2 Å². The molecule has 7 nitrogen and oxygen atoms in total. The summed E-state index contributed by atoms with van der Waals surface area (Å²) in [5, 5.41) is 2.94. The third kappa shape index (κ3) is 5.11. The number of carbonyl (C=O) groups excluding carboxylic acids is 2. The normalized spacial score (nSPS) is 17.0. The minimum absolute atomic E-state index is 0.00648. The molecule has 2 aliphatic rings. The van der Waals surface area contributed by atoms with Gasteiger partial charge in [0.05, 0.1) is 12.3 Å². The van der Waals surface area contributed by atoms with Crippen molar-refractivity contribution < 1.29 is 19.1 Å². The number of piperidine rings is 1. The number of methoxy groups -OCH3 is 1. The molecule has 1 saturated heterocycles. The molecular formula is C25H31N3O4. The Kier molecular flexibility index (Phi) is 7.39. The first-order valence-electron chi connectivity index (χ1n) is 11.3. The second-order valence-corrected chi connectivity index (χ2v) is 8.25. The number of benzene rings is 2. The number of rotatable bonds is 8. The van der Waals surface area contributed by atoms with Crippen LogP contribution in [0.3, 0.4) is 0 Å². The van der Waals surface area contributed by atoms with Gasteiger partial charge in [-0.25, -0.2) is 0 Å². The molecule has 0 aromatic heterocycles. The molecule has 0 saturated carbocycles. The lowest BCUT2D eigenvalue weighted by atomic mass is 9.86. The maximum atomic E-state index is 12.6. The van der Waals surface area contributed by atoms with Crippen LogP contribution in [0.2, 0.25) is 0 Å². The highest BCUT2D eigenvalue weighted by molar-refractivity contribution is 5.97. The molecule has 2 aromatic rings. The van der Waals surface area contributed by atoms with Crippen molar-refractivity contribution in [3.8, 4) is 5.75 Å². The summed E-state index contributed by atoms with van der Waals surface area (Å²) >= 11 is 0. The Morgan fingerprint density at radius 2 is 1.84 bits per heavy atom. The van der Waals surface area contributed by atoms with Crippen LogP contribution in [-0.4, -0.2) is 69.8 Å². The number of fused-ring (bicyclic) bond motifs is 1. The number of nitrogens with one attached hydrogen (secondary N) is 1. The van der Waals surface area contributed by atoms with Crippen molar-refractivity contribution >= 4 is 17.5 Å². The Morgan fingerprint density at radius 1 is 1.09 bits per heavy atom. The lowest BCUT2D eigenvalue weighted by Crippen LogP contribution is -2.45. The van der Waals surface area contributed by atoms with Crippen molar-refractivity contribution in [2.24, 2.45) is 0 Å². The summed E-state index contributed by atoms with van der Waals surface area (Å²) < 4.78 is 10.6. The van der Waals surface area contributed by atoms with Gasteiger partial charge in [-0.15, -0.1) is 0 Å². The quantitative estimate of drug-likeness (QED) is 0.643. The fraction of sp³-hybridized carbons (Fsp3) is 0.440. The first-order valence-corrected chi connectivity index (χ1v) is 11.3. The molecule has 0 bridgehead atoms. The van der Waals surface area contributed by atoms with Crippen LogP contribution in [0.4, 0.5) is 5.69 Å². The summed E-state index contributed by atoms with van der Waals surface area (Å²) in [7, 11) is 1.63. The van der Waals surface area contributed by atoms with Crippen molar-refractivity contribution in [2.75, 3.05) is 57.9 Å². The second-order valence-electron chi connectivity index (χ2n) is 8.25. The predicted octanol–water partition coefficient (Wildman–Crippen LogP) is 2.67. The summed E-state index contributed by atoms with van der Waals surface area (Å²) in [6, 6.07) is 15.6. The largest absolute Gasteiger partial charge is 0.482 e. The van der Waals surface area contributed by atoms with Crippen molar-refractivity contribution in [1.29, 1.82) is 0 Å². The highest BCUT2D eigenvalue weighted by Crippen LogP contribution is 2.32. The molecule has 0 aliphatic carbocycles. The number of para-hydroxylation sites is 2. The molecule has 32 heavy (non-hydrogen) atoms. The highest BCUT2D eigenvalue weighted by Gasteiger charge is 2.27. The Balaban J connectivity index is 1.33. The van der Waals surface area contributed by atoms with Gasteiger partial charge < -0.3 is 24.6 Å². The lowest BCUT2D eigenvalue weighted by molar-refractivity contribution is -0.121. The molecule has 0 radical (unpaired) electrons. The molecule has 1 N–H and O–H groups in total. The summed E-state index contributed by atoms with van der Waals surface area (Å²) in [5.74, 6) is 1.10. The summed E-state index contributed by atoms with van der Waals surface area (Å²) in [5.41, 5.74) is 2.74. The van der Waals surface area contributed by atoms with Gasteiger partial charge in [0.25, 0.3) is 11.8 Å². The molecule has 0 atom stereocenters. The van der Waals surface area contributed by atoms with Gasteiger partial charge in [0.1, 0.15) is 5.75 Å².